The summed E-state index contributed by atoms with van der Waals surface area (Å²) in [5.41, 5.74) is 1.39. The number of aromatic nitrogens is 2. The lowest BCUT2D eigenvalue weighted by Crippen LogP contribution is -2.20. The topological polar surface area (TPSA) is 118 Å². The van der Waals surface area contributed by atoms with Crippen LogP contribution in [-0.4, -0.2) is 49.0 Å². The number of para-hydroxylation sites is 1. The Kier molecular flexibility index (Phi) is 8.51. The Morgan fingerprint density at radius 2 is 1.61 bits per heavy atom. The quantitative estimate of drug-likeness (QED) is 0.190. The fourth-order valence-corrected chi connectivity index (χ4v) is 4.03. The number of nitrogens with zero attached hydrogens (tertiary/aromatic N) is 2. The minimum absolute atomic E-state index is 0.0537. The molecule has 10 nitrogen and oxygen atoms in total. The molecule has 0 bridgehead atoms. The maximum absolute atomic E-state index is 12.9. The second kappa shape index (κ2) is 12.8. The molecule has 1 N–H and O–H groups in total. The number of ketones is 2. The van der Waals surface area contributed by atoms with Gasteiger partial charge in [0.05, 0.1) is 24.9 Å². The molecule has 0 aliphatic heterocycles. The summed E-state index contributed by atoms with van der Waals surface area (Å²) in [7, 11) is 3.11. The van der Waals surface area contributed by atoms with E-state index in [1.165, 1.54) is 25.6 Å². The van der Waals surface area contributed by atoms with Gasteiger partial charge >= 0.3 is 0 Å². The van der Waals surface area contributed by atoms with E-state index in [1.807, 2.05) is 54.6 Å². The summed E-state index contributed by atoms with van der Waals surface area (Å²) in [4.78, 5) is 34.3. The highest BCUT2D eigenvalue weighted by molar-refractivity contribution is 6.20. The second-order valence-corrected chi connectivity index (χ2v) is 8.86. The van der Waals surface area contributed by atoms with E-state index in [2.05, 4.69) is 15.3 Å². The monoisotopic (exact) mass is 553 g/mol. The number of hydrogen-bond donors (Lipinski definition) is 1. The van der Waals surface area contributed by atoms with Crippen molar-refractivity contribution in [1.29, 1.82) is 0 Å². The van der Waals surface area contributed by atoms with Crippen molar-refractivity contribution in [2.45, 2.75) is 6.61 Å². The van der Waals surface area contributed by atoms with Crippen LogP contribution in [0.4, 0.5) is 5.82 Å². The van der Waals surface area contributed by atoms with Crippen molar-refractivity contribution in [1.82, 2.24) is 9.97 Å². The number of hydrogen-bond acceptors (Lipinski definition) is 10. The first kappa shape index (κ1) is 27.4. The summed E-state index contributed by atoms with van der Waals surface area (Å²) in [6, 6.07) is 20.1. The number of carbonyl (C=O) groups is 2. The maximum Gasteiger partial charge on any atom is 0.222 e. The lowest BCUT2D eigenvalue weighted by molar-refractivity contribution is -0.117. The summed E-state index contributed by atoms with van der Waals surface area (Å²) >= 11 is 0. The van der Waals surface area contributed by atoms with Crippen molar-refractivity contribution in [3.63, 3.8) is 0 Å². The molecule has 0 amide bonds. The van der Waals surface area contributed by atoms with Gasteiger partial charge in [0.1, 0.15) is 36.9 Å². The van der Waals surface area contributed by atoms with Crippen LogP contribution >= 0.6 is 0 Å². The first-order chi connectivity index (χ1) is 20.0. The Morgan fingerprint density at radius 1 is 0.780 bits per heavy atom. The van der Waals surface area contributed by atoms with Crippen molar-refractivity contribution in [2.24, 2.45) is 0 Å². The Hall–Kier alpha value is -5.22. The highest BCUT2D eigenvalue weighted by atomic mass is 16.5. The lowest BCUT2D eigenvalue weighted by atomic mass is 10.1. The number of nitrogens with one attached hydrogen (secondary N) is 1. The fourth-order valence-electron chi connectivity index (χ4n) is 4.03. The smallest absolute Gasteiger partial charge is 0.222 e. The molecule has 3 aromatic carbocycles. The molecule has 1 aliphatic carbocycles. The predicted octanol–water partition coefficient (Wildman–Crippen LogP) is 5.00. The van der Waals surface area contributed by atoms with E-state index in [4.69, 9.17) is 23.7 Å². The molecule has 1 aromatic heterocycles. The summed E-state index contributed by atoms with van der Waals surface area (Å²) in [5.74, 6) is 1.68. The highest BCUT2D eigenvalue weighted by Gasteiger charge is 2.23. The van der Waals surface area contributed by atoms with Gasteiger partial charge in [0.15, 0.2) is 17.3 Å². The SMILES string of the molecule is COCCOc1cc2ncnc(NC3=CC(=O)C(OCc4cccc(Oc5ccccc5)c4)=CC3=O)c2cc1OC. The molecule has 0 spiro atoms. The van der Waals surface area contributed by atoms with Crippen LogP contribution in [-0.2, 0) is 25.7 Å². The molecule has 0 unspecified atom stereocenters. The molecule has 1 aliphatic rings. The van der Waals surface area contributed by atoms with Gasteiger partial charge in [0, 0.05) is 30.7 Å². The molecule has 0 saturated carbocycles. The van der Waals surface area contributed by atoms with Crippen LogP contribution in [0.25, 0.3) is 10.9 Å². The van der Waals surface area contributed by atoms with E-state index in [0.29, 0.717) is 52.9 Å². The number of ether oxygens (including phenoxy) is 5. The minimum atomic E-state index is -0.450. The zero-order valence-corrected chi connectivity index (χ0v) is 22.5. The number of fused-ring (bicyclic) bond motifs is 1. The van der Waals surface area contributed by atoms with Gasteiger partial charge in [-0.2, -0.15) is 0 Å². The Balaban J connectivity index is 1.27. The molecule has 0 fully saturated rings. The van der Waals surface area contributed by atoms with Crippen molar-refractivity contribution in [3.05, 3.63) is 102 Å². The summed E-state index contributed by atoms with van der Waals surface area (Å²) in [6.45, 7) is 0.830. The van der Waals surface area contributed by atoms with Crippen LogP contribution in [0.3, 0.4) is 0 Å². The van der Waals surface area contributed by atoms with Crippen LogP contribution in [0.2, 0.25) is 0 Å². The number of allylic oxidation sites excluding steroid dienone is 2. The van der Waals surface area contributed by atoms with Gasteiger partial charge in [-0.3, -0.25) is 9.59 Å². The highest BCUT2D eigenvalue weighted by Crippen LogP contribution is 2.34. The Morgan fingerprint density at radius 3 is 2.41 bits per heavy atom. The number of rotatable bonds is 12. The zero-order chi connectivity index (χ0) is 28.6. The average Bonchev–Trinajstić information content (AvgIpc) is 2.99. The fraction of sp³-hybridized carbons (Fsp3) is 0.161. The molecule has 208 valence electrons. The second-order valence-electron chi connectivity index (χ2n) is 8.86. The normalized spacial score (nSPS) is 12.9. The third-order valence-electron chi connectivity index (χ3n) is 6.04. The lowest BCUT2D eigenvalue weighted by Gasteiger charge is -2.16. The van der Waals surface area contributed by atoms with E-state index >= 15 is 0 Å². The van der Waals surface area contributed by atoms with Crippen molar-refractivity contribution >= 4 is 28.3 Å². The first-order valence-corrected chi connectivity index (χ1v) is 12.7. The standard InChI is InChI=1S/C31H27N3O7/c1-37-11-12-39-30-16-24-23(14-29(30)38-2)31(33-19-32-24)34-25-15-27(36)28(17-26(25)35)40-18-20-7-6-10-22(13-20)41-21-8-4-3-5-9-21/h3-10,13-17,19H,11-12,18H2,1-2H3,(H,32,33,34). The molecule has 0 atom stereocenters. The third kappa shape index (κ3) is 6.68. The maximum atomic E-state index is 12.9. The Bertz CT molecular complexity index is 1630. The molecular weight excluding hydrogens is 526 g/mol. The predicted molar refractivity (Wildman–Crippen MR) is 151 cm³/mol. The van der Waals surface area contributed by atoms with Crippen LogP contribution in [0.15, 0.2) is 96.7 Å². The molecule has 0 radical (unpaired) electrons. The number of methoxy groups -OCH3 is 2. The molecule has 0 saturated heterocycles. The number of carbonyl (C=O) groups excluding carboxylic acids is 2. The van der Waals surface area contributed by atoms with Crippen LogP contribution in [0, 0.1) is 0 Å². The first-order valence-electron chi connectivity index (χ1n) is 12.7. The molecular formula is C31H27N3O7. The summed E-state index contributed by atoms with van der Waals surface area (Å²) in [5, 5.41) is 3.54. The van der Waals surface area contributed by atoms with E-state index in [9.17, 15) is 9.59 Å². The largest absolute Gasteiger partial charge is 0.493 e. The van der Waals surface area contributed by atoms with Crippen LogP contribution in [0.1, 0.15) is 5.56 Å². The van der Waals surface area contributed by atoms with Crippen LogP contribution < -0.4 is 19.5 Å². The molecule has 5 rings (SSSR count). The van der Waals surface area contributed by atoms with E-state index in [1.54, 1.807) is 19.2 Å². The van der Waals surface area contributed by atoms with Gasteiger partial charge in [-0.15, -0.1) is 0 Å². The van der Waals surface area contributed by atoms with Crippen molar-refractivity contribution in [3.8, 4) is 23.0 Å². The summed E-state index contributed by atoms with van der Waals surface area (Å²) < 4.78 is 27.8. The Labute approximate surface area is 236 Å². The van der Waals surface area contributed by atoms with Gasteiger partial charge in [0.2, 0.25) is 11.6 Å². The summed E-state index contributed by atoms with van der Waals surface area (Å²) in [6.07, 6.45) is 3.71. The van der Waals surface area contributed by atoms with Gasteiger partial charge in [-0.05, 0) is 35.9 Å². The molecule has 4 aromatic rings. The molecule has 10 heteroatoms. The number of anilines is 1. The van der Waals surface area contributed by atoms with Gasteiger partial charge in [-0.25, -0.2) is 9.97 Å². The van der Waals surface area contributed by atoms with Crippen molar-refractivity contribution in [2.75, 3.05) is 32.8 Å². The number of benzene rings is 3. The van der Waals surface area contributed by atoms with Crippen molar-refractivity contribution < 1.29 is 33.3 Å². The molecule has 41 heavy (non-hydrogen) atoms. The van der Waals surface area contributed by atoms with E-state index in [-0.39, 0.29) is 18.1 Å². The van der Waals surface area contributed by atoms with E-state index in [0.717, 1.165) is 5.56 Å². The van der Waals surface area contributed by atoms with Crippen LogP contribution in [0.5, 0.6) is 23.0 Å². The minimum Gasteiger partial charge on any atom is -0.493 e. The van der Waals surface area contributed by atoms with Gasteiger partial charge in [0.25, 0.3) is 0 Å². The zero-order valence-electron chi connectivity index (χ0n) is 22.5. The average molecular weight is 554 g/mol. The van der Waals surface area contributed by atoms with E-state index < -0.39 is 11.6 Å². The third-order valence-corrected chi connectivity index (χ3v) is 6.04. The van der Waals surface area contributed by atoms with Gasteiger partial charge in [-0.1, -0.05) is 30.3 Å². The molecule has 1 heterocycles. The van der Waals surface area contributed by atoms with Gasteiger partial charge < -0.3 is 29.0 Å².